The summed E-state index contributed by atoms with van der Waals surface area (Å²) in [5.74, 6) is 0.631. The second-order valence-corrected chi connectivity index (χ2v) is 6.61. The van der Waals surface area contributed by atoms with Crippen LogP contribution in [0.3, 0.4) is 0 Å². The van der Waals surface area contributed by atoms with Crippen LogP contribution in [0.15, 0.2) is 60.8 Å². The van der Waals surface area contributed by atoms with E-state index in [9.17, 15) is 4.79 Å². The van der Waals surface area contributed by atoms with E-state index in [-0.39, 0.29) is 5.91 Å². The molecule has 3 aromatic rings. The van der Waals surface area contributed by atoms with Gasteiger partial charge in [-0.25, -0.2) is 0 Å². The zero-order chi connectivity index (χ0) is 20.5. The first-order chi connectivity index (χ1) is 14.2. The smallest absolute Gasteiger partial charge is 0.255 e. The molecule has 6 nitrogen and oxygen atoms in total. The van der Waals surface area contributed by atoms with Gasteiger partial charge in [-0.3, -0.25) is 9.48 Å². The van der Waals surface area contributed by atoms with E-state index in [0.29, 0.717) is 37.6 Å². The van der Waals surface area contributed by atoms with Gasteiger partial charge in [0.1, 0.15) is 11.4 Å². The van der Waals surface area contributed by atoms with Crippen LogP contribution in [0.5, 0.6) is 5.75 Å². The maximum absolute atomic E-state index is 12.8. The van der Waals surface area contributed by atoms with E-state index < -0.39 is 0 Å². The number of hydrogen-bond acceptors (Lipinski definition) is 4. The molecule has 3 rings (SSSR count). The van der Waals surface area contributed by atoms with E-state index in [1.807, 2.05) is 72.4 Å². The molecule has 1 heterocycles. The number of nitrogens with zero attached hydrogens (tertiary/aromatic N) is 2. The third kappa shape index (κ3) is 5.68. The third-order valence-corrected chi connectivity index (χ3v) is 4.51. The van der Waals surface area contributed by atoms with Crippen LogP contribution in [-0.2, 0) is 11.3 Å². The van der Waals surface area contributed by atoms with Crippen molar-refractivity contribution < 1.29 is 14.3 Å². The van der Waals surface area contributed by atoms with Gasteiger partial charge in [-0.05, 0) is 43.2 Å². The molecule has 2 aromatic carbocycles. The molecular formula is C23H27N3O3. The molecule has 0 radical (unpaired) electrons. The van der Waals surface area contributed by atoms with Crippen molar-refractivity contribution in [3.63, 3.8) is 0 Å². The fraction of sp³-hybridized carbons (Fsp3) is 0.304. The van der Waals surface area contributed by atoms with E-state index >= 15 is 0 Å². The molecule has 0 bridgehead atoms. The van der Waals surface area contributed by atoms with Gasteiger partial charge in [-0.2, -0.15) is 5.10 Å². The Bertz CT molecular complexity index is 905. The molecule has 6 heteroatoms. The number of methoxy groups -OCH3 is 1. The molecule has 0 aliphatic carbocycles. The van der Waals surface area contributed by atoms with Gasteiger partial charge in [0.05, 0.1) is 19.2 Å². The van der Waals surface area contributed by atoms with Crippen LogP contribution < -0.4 is 10.1 Å². The highest BCUT2D eigenvalue weighted by Crippen LogP contribution is 2.25. The van der Waals surface area contributed by atoms with Crippen molar-refractivity contribution in [2.45, 2.75) is 19.9 Å². The molecule has 0 saturated heterocycles. The number of amides is 1. The number of rotatable bonds is 10. The van der Waals surface area contributed by atoms with Gasteiger partial charge in [-0.15, -0.1) is 0 Å². The fourth-order valence-electron chi connectivity index (χ4n) is 3.02. The first-order valence-electron chi connectivity index (χ1n) is 9.83. The Hall–Kier alpha value is -3.12. The summed E-state index contributed by atoms with van der Waals surface area (Å²) < 4.78 is 12.4. The molecular weight excluding hydrogens is 366 g/mol. The van der Waals surface area contributed by atoms with Crippen molar-refractivity contribution in [1.29, 1.82) is 0 Å². The number of nitrogens with one attached hydrogen (secondary N) is 1. The standard InChI is InChI=1S/C23H27N3O3/c1-3-29-15-7-14-24-23(27)21-17-26(16-18-8-5-4-6-9-18)25-22(21)19-10-12-20(28-2)13-11-19/h4-6,8-13,17H,3,7,14-16H2,1-2H3,(H,24,27). The van der Waals surface area contributed by atoms with E-state index in [4.69, 9.17) is 14.6 Å². The van der Waals surface area contributed by atoms with Gasteiger partial charge in [0, 0.05) is 31.5 Å². The normalized spacial score (nSPS) is 10.7. The Kier molecular flexibility index (Phi) is 7.41. The minimum absolute atomic E-state index is 0.133. The monoisotopic (exact) mass is 393 g/mol. The quantitative estimate of drug-likeness (QED) is 0.533. The summed E-state index contributed by atoms with van der Waals surface area (Å²) >= 11 is 0. The number of benzene rings is 2. The summed E-state index contributed by atoms with van der Waals surface area (Å²) in [4.78, 5) is 12.8. The summed E-state index contributed by atoms with van der Waals surface area (Å²) in [6.45, 7) is 4.43. The molecule has 0 saturated carbocycles. The highest BCUT2D eigenvalue weighted by molar-refractivity contribution is 5.99. The molecule has 0 fully saturated rings. The lowest BCUT2D eigenvalue weighted by Gasteiger charge is -2.06. The fourth-order valence-corrected chi connectivity index (χ4v) is 3.02. The SMILES string of the molecule is CCOCCCNC(=O)c1cn(Cc2ccccc2)nc1-c1ccc(OC)cc1. The predicted molar refractivity (Wildman–Crippen MR) is 113 cm³/mol. The van der Waals surface area contributed by atoms with Gasteiger partial charge in [0.2, 0.25) is 0 Å². The highest BCUT2D eigenvalue weighted by atomic mass is 16.5. The molecule has 1 N–H and O–H groups in total. The van der Waals surface area contributed by atoms with Gasteiger partial charge in [0.25, 0.3) is 5.91 Å². The summed E-state index contributed by atoms with van der Waals surface area (Å²) in [7, 11) is 1.63. The maximum Gasteiger partial charge on any atom is 0.255 e. The zero-order valence-electron chi connectivity index (χ0n) is 16.9. The van der Waals surface area contributed by atoms with E-state index in [1.165, 1.54) is 0 Å². The Labute approximate surface area is 171 Å². The Morgan fingerprint density at radius 1 is 1.10 bits per heavy atom. The lowest BCUT2D eigenvalue weighted by atomic mass is 10.1. The summed E-state index contributed by atoms with van der Waals surface area (Å²) in [6, 6.07) is 17.6. The summed E-state index contributed by atoms with van der Waals surface area (Å²) in [5.41, 5.74) is 3.21. The van der Waals surface area contributed by atoms with Crippen molar-refractivity contribution in [1.82, 2.24) is 15.1 Å². The zero-order valence-corrected chi connectivity index (χ0v) is 16.9. The largest absolute Gasteiger partial charge is 0.497 e. The molecule has 1 aromatic heterocycles. The average molecular weight is 393 g/mol. The molecule has 0 spiro atoms. The maximum atomic E-state index is 12.8. The molecule has 0 atom stereocenters. The summed E-state index contributed by atoms with van der Waals surface area (Å²) in [5, 5.41) is 7.67. The number of hydrogen-bond donors (Lipinski definition) is 1. The minimum atomic E-state index is -0.133. The Morgan fingerprint density at radius 3 is 2.55 bits per heavy atom. The third-order valence-electron chi connectivity index (χ3n) is 4.51. The van der Waals surface area contributed by atoms with E-state index in [2.05, 4.69) is 5.32 Å². The van der Waals surface area contributed by atoms with Crippen LogP contribution in [0.2, 0.25) is 0 Å². The number of aromatic nitrogens is 2. The molecule has 1 amide bonds. The highest BCUT2D eigenvalue weighted by Gasteiger charge is 2.18. The molecule has 0 unspecified atom stereocenters. The van der Waals surface area contributed by atoms with Crippen LogP contribution in [0.25, 0.3) is 11.3 Å². The number of carbonyl (C=O) groups excluding carboxylic acids is 1. The van der Waals surface area contributed by atoms with E-state index in [1.54, 1.807) is 7.11 Å². The van der Waals surface area contributed by atoms with Crippen LogP contribution in [0.4, 0.5) is 0 Å². The molecule has 29 heavy (non-hydrogen) atoms. The Balaban J connectivity index is 1.82. The van der Waals surface area contributed by atoms with Crippen LogP contribution >= 0.6 is 0 Å². The first-order valence-corrected chi connectivity index (χ1v) is 9.83. The van der Waals surface area contributed by atoms with Crippen molar-refractivity contribution >= 4 is 5.91 Å². The van der Waals surface area contributed by atoms with Gasteiger partial charge in [-0.1, -0.05) is 30.3 Å². The van der Waals surface area contributed by atoms with Crippen molar-refractivity contribution in [2.75, 3.05) is 26.9 Å². The average Bonchev–Trinajstić information content (AvgIpc) is 3.18. The van der Waals surface area contributed by atoms with Crippen LogP contribution in [0, 0.1) is 0 Å². The van der Waals surface area contributed by atoms with Crippen LogP contribution in [0.1, 0.15) is 29.3 Å². The Morgan fingerprint density at radius 2 is 1.86 bits per heavy atom. The van der Waals surface area contributed by atoms with Crippen LogP contribution in [-0.4, -0.2) is 42.6 Å². The van der Waals surface area contributed by atoms with Crippen molar-refractivity contribution in [3.05, 3.63) is 71.9 Å². The van der Waals surface area contributed by atoms with Crippen molar-refractivity contribution in [2.24, 2.45) is 0 Å². The summed E-state index contributed by atoms with van der Waals surface area (Å²) in [6.07, 6.45) is 2.58. The second-order valence-electron chi connectivity index (χ2n) is 6.61. The first kappa shape index (κ1) is 20.6. The molecule has 0 aliphatic heterocycles. The number of ether oxygens (including phenoxy) is 2. The van der Waals surface area contributed by atoms with Gasteiger partial charge in [0.15, 0.2) is 0 Å². The topological polar surface area (TPSA) is 65.4 Å². The van der Waals surface area contributed by atoms with E-state index in [0.717, 1.165) is 23.3 Å². The predicted octanol–water partition coefficient (Wildman–Crippen LogP) is 3.76. The molecule has 0 aliphatic rings. The minimum Gasteiger partial charge on any atom is -0.497 e. The van der Waals surface area contributed by atoms with Gasteiger partial charge >= 0.3 is 0 Å². The number of carbonyl (C=O) groups is 1. The second kappa shape index (κ2) is 10.4. The van der Waals surface area contributed by atoms with Gasteiger partial charge < -0.3 is 14.8 Å². The lowest BCUT2D eigenvalue weighted by Crippen LogP contribution is -2.25. The molecule has 152 valence electrons. The lowest BCUT2D eigenvalue weighted by molar-refractivity contribution is 0.0945. The van der Waals surface area contributed by atoms with Crippen molar-refractivity contribution in [3.8, 4) is 17.0 Å².